The Morgan fingerprint density at radius 2 is 1.81 bits per heavy atom. The molecule has 168 valence electrons. The number of methoxy groups -OCH3 is 1. The van der Waals surface area contributed by atoms with Gasteiger partial charge in [-0.05, 0) is 24.6 Å². The average Bonchev–Trinajstić information content (AvgIpc) is 2.70. The summed E-state index contributed by atoms with van der Waals surface area (Å²) in [7, 11) is 1.41. The first-order chi connectivity index (χ1) is 15.1. The van der Waals surface area contributed by atoms with Crippen LogP contribution in [0.25, 0.3) is 0 Å². The third kappa shape index (κ3) is 5.55. The highest BCUT2D eigenvalue weighted by Crippen LogP contribution is 2.37. The first kappa shape index (κ1) is 23.1. The van der Waals surface area contributed by atoms with E-state index >= 15 is 0 Å². The Bertz CT molecular complexity index is 1160. The Hall–Kier alpha value is -3.60. The maximum atomic E-state index is 13.6. The van der Waals surface area contributed by atoms with E-state index in [4.69, 9.17) is 16.3 Å². The molecule has 0 fully saturated rings. The molecule has 12 heteroatoms. The van der Waals surface area contributed by atoms with Crippen molar-refractivity contribution < 1.29 is 22.7 Å². The maximum Gasteiger partial charge on any atom is 0.421 e. The van der Waals surface area contributed by atoms with Crippen LogP contribution in [0.5, 0.6) is 5.88 Å². The second-order valence-electron chi connectivity index (χ2n) is 6.64. The van der Waals surface area contributed by atoms with Crippen LogP contribution in [-0.2, 0) is 11.0 Å². The number of nitrogens with zero attached hydrogens (tertiary/aromatic N) is 3. The lowest BCUT2D eigenvalue weighted by Crippen LogP contribution is -2.14. The van der Waals surface area contributed by atoms with E-state index in [1.165, 1.54) is 26.3 Å². The predicted molar refractivity (Wildman–Crippen MR) is 115 cm³/mol. The molecule has 3 rings (SSSR count). The van der Waals surface area contributed by atoms with Gasteiger partial charge in [0.2, 0.25) is 17.7 Å². The predicted octanol–water partition coefficient (Wildman–Crippen LogP) is 5.31. The number of aromatic nitrogens is 3. The SMILES string of the molecule is COc1cc(Nc2ncc(C(F)(F)F)c(Nc3ccc(C)cc3NC(C)=O)n2)c(Cl)cn1. The number of amides is 1. The second-order valence-corrected chi connectivity index (χ2v) is 7.05. The summed E-state index contributed by atoms with van der Waals surface area (Å²) in [6.45, 7) is 3.09. The highest BCUT2D eigenvalue weighted by Gasteiger charge is 2.35. The first-order valence-electron chi connectivity index (χ1n) is 9.13. The molecule has 8 nitrogen and oxygen atoms in total. The fourth-order valence-corrected chi connectivity index (χ4v) is 2.83. The van der Waals surface area contributed by atoms with Crippen molar-refractivity contribution in [2.75, 3.05) is 23.1 Å². The third-order valence-corrected chi connectivity index (χ3v) is 4.42. The van der Waals surface area contributed by atoms with Crippen molar-refractivity contribution in [2.24, 2.45) is 0 Å². The molecule has 2 aromatic heterocycles. The van der Waals surface area contributed by atoms with E-state index < -0.39 is 17.6 Å². The van der Waals surface area contributed by atoms with Crippen LogP contribution in [0.3, 0.4) is 0 Å². The molecular weight excluding hydrogens is 449 g/mol. The summed E-state index contributed by atoms with van der Waals surface area (Å²) in [5, 5.41) is 8.18. The van der Waals surface area contributed by atoms with Crippen molar-refractivity contribution in [2.45, 2.75) is 20.0 Å². The molecule has 0 atom stereocenters. The number of hydrogen-bond acceptors (Lipinski definition) is 7. The van der Waals surface area contributed by atoms with Crippen molar-refractivity contribution >= 4 is 46.3 Å². The number of carbonyl (C=O) groups excluding carboxylic acids is 1. The first-order valence-corrected chi connectivity index (χ1v) is 9.50. The van der Waals surface area contributed by atoms with E-state index in [0.29, 0.717) is 17.6 Å². The Morgan fingerprint density at radius 1 is 1.06 bits per heavy atom. The van der Waals surface area contributed by atoms with Gasteiger partial charge in [-0.15, -0.1) is 0 Å². The molecule has 32 heavy (non-hydrogen) atoms. The zero-order valence-electron chi connectivity index (χ0n) is 17.1. The molecule has 1 amide bonds. The highest BCUT2D eigenvalue weighted by molar-refractivity contribution is 6.33. The van der Waals surface area contributed by atoms with E-state index in [1.807, 2.05) is 0 Å². The molecule has 0 bridgehead atoms. The van der Waals surface area contributed by atoms with Crippen LogP contribution in [0.1, 0.15) is 18.1 Å². The molecule has 0 unspecified atom stereocenters. The normalized spacial score (nSPS) is 11.1. The van der Waals surface area contributed by atoms with Crippen molar-refractivity contribution in [1.29, 1.82) is 0 Å². The van der Waals surface area contributed by atoms with Crippen LogP contribution in [0.15, 0.2) is 36.7 Å². The Balaban J connectivity index is 2.02. The summed E-state index contributed by atoms with van der Waals surface area (Å²) >= 11 is 6.09. The zero-order valence-corrected chi connectivity index (χ0v) is 17.9. The third-order valence-electron chi connectivity index (χ3n) is 4.12. The van der Waals surface area contributed by atoms with Crippen molar-refractivity contribution in [3.05, 3.63) is 52.8 Å². The number of halogens is 4. The summed E-state index contributed by atoms with van der Waals surface area (Å²) in [4.78, 5) is 23.2. The van der Waals surface area contributed by atoms with Crippen LogP contribution in [0.2, 0.25) is 5.02 Å². The van der Waals surface area contributed by atoms with Gasteiger partial charge in [-0.3, -0.25) is 4.79 Å². The van der Waals surface area contributed by atoms with Crippen LogP contribution < -0.4 is 20.7 Å². The topological polar surface area (TPSA) is 101 Å². The minimum atomic E-state index is -4.72. The van der Waals surface area contributed by atoms with Crippen molar-refractivity contribution in [3.8, 4) is 5.88 Å². The fourth-order valence-electron chi connectivity index (χ4n) is 2.68. The number of benzene rings is 1. The highest BCUT2D eigenvalue weighted by atomic mass is 35.5. The van der Waals surface area contributed by atoms with Gasteiger partial charge in [0.05, 0.1) is 35.4 Å². The van der Waals surface area contributed by atoms with E-state index in [0.717, 1.165) is 5.56 Å². The molecule has 0 saturated heterocycles. The lowest BCUT2D eigenvalue weighted by atomic mass is 10.1. The summed E-state index contributed by atoms with van der Waals surface area (Å²) < 4.78 is 45.8. The Labute approximate surface area is 186 Å². The van der Waals surface area contributed by atoms with Crippen molar-refractivity contribution in [1.82, 2.24) is 15.0 Å². The molecule has 1 aromatic carbocycles. The van der Waals surface area contributed by atoms with Gasteiger partial charge >= 0.3 is 6.18 Å². The maximum absolute atomic E-state index is 13.6. The summed E-state index contributed by atoms with van der Waals surface area (Å²) in [5.41, 5.74) is 0.543. The van der Waals surface area contributed by atoms with Gasteiger partial charge in [0.1, 0.15) is 11.4 Å². The van der Waals surface area contributed by atoms with E-state index in [1.54, 1.807) is 25.1 Å². The molecular formula is C20H18ClF3N6O2. The molecule has 0 spiro atoms. The smallest absolute Gasteiger partial charge is 0.421 e. The van der Waals surface area contributed by atoms with Gasteiger partial charge in [0.25, 0.3) is 0 Å². The van der Waals surface area contributed by atoms with Gasteiger partial charge < -0.3 is 20.7 Å². The number of alkyl halides is 3. The molecule has 2 heterocycles. The number of rotatable bonds is 6. The van der Waals surface area contributed by atoms with Gasteiger partial charge in [-0.1, -0.05) is 17.7 Å². The molecule has 0 radical (unpaired) electrons. The number of carbonyl (C=O) groups is 1. The zero-order chi connectivity index (χ0) is 23.5. The van der Waals surface area contributed by atoms with Crippen LogP contribution in [0, 0.1) is 6.92 Å². The van der Waals surface area contributed by atoms with Crippen LogP contribution >= 0.6 is 11.6 Å². The molecule has 0 aliphatic heterocycles. The number of ether oxygens (including phenoxy) is 1. The second kappa shape index (κ2) is 9.27. The van der Waals surface area contributed by atoms with Gasteiger partial charge in [0.15, 0.2) is 0 Å². The number of aryl methyl sites for hydroxylation is 1. The Kier molecular flexibility index (Phi) is 6.68. The monoisotopic (exact) mass is 466 g/mol. The minimum absolute atomic E-state index is 0.149. The standard InChI is InChI=1S/C20H18ClF3N6O2/c1-10-4-5-14(16(6-10)27-11(2)31)28-18-12(20(22,23)24)8-26-19(30-18)29-15-7-17(32-3)25-9-13(15)21/h4-9H,1-3H3,(H,27,31)(H2,25,26,28,29,30). The molecule has 3 N–H and O–H groups in total. The average molecular weight is 467 g/mol. The molecule has 3 aromatic rings. The number of anilines is 5. The number of hydrogen-bond donors (Lipinski definition) is 3. The van der Waals surface area contributed by atoms with E-state index in [2.05, 4.69) is 30.9 Å². The largest absolute Gasteiger partial charge is 0.481 e. The number of pyridine rings is 1. The van der Waals surface area contributed by atoms with Crippen LogP contribution in [-0.4, -0.2) is 28.0 Å². The quantitative estimate of drug-likeness (QED) is 0.452. The summed E-state index contributed by atoms with van der Waals surface area (Å²) in [5.74, 6) is -0.797. The van der Waals surface area contributed by atoms with Gasteiger partial charge in [-0.2, -0.15) is 18.2 Å². The lowest BCUT2D eigenvalue weighted by Gasteiger charge is -2.17. The van der Waals surface area contributed by atoms with Gasteiger partial charge in [0, 0.05) is 19.2 Å². The minimum Gasteiger partial charge on any atom is -0.481 e. The molecule has 0 saturated carbocycles. The Morgan fingerprint density at radius 3 is 2.47 bits per heavy atom. The summed E-state index contributed by atoms with van der Waals surface area (Å²) in [6, 6.07) is 6.30. The van der Waals surface area contributed by atoms with E-state index in [9.17, 15) is 18.0 Å². The van der Waals surface area contributed by atoms with Crippen molar-refractivity contribution in [3.63, 3.8) is 0 Å². The van der Waals surface area contributed by atoms with E-state index in [-0.39, 0.29) is 28.4 Å². The van der Waals surface area contributed by atoms with Gasteiger partial charge in [-0.25, -0.2) is 9.97 Å². The number of nitrogens with one attached hydrogen (secondary N) is 3. The lowest BCUT2D eigenvalue weighted by molar-refractivity contribution is -0.137. The van der Waals surface area contributed by atoms with Crippen LogP contribution in [0.4, 0.5) is 42.0 Å². The molecule has 0 aliphatic carbocycles. The molecule has 0 aliphatic rings. The summed E-state index contributed by atoms with van der Waals surface area (Å²) in [6.07, 6.45) is -2.76. The fraction of sp³-hybridized carbons (Fsp3) is 0.200.